The molecule has 3 aromatic rings. The molecule has 1 aromatic heterocycles. The molecule has 1 aliphatic rings. The van der Waals surface area contributed by atoms with E-state index in [4.69, 9.17) is 0 Å². The number of carbonyl (C=O) groups is 1. The highest BCUT2D eigenvalue weighted by Gasteiger charge is 2.16. The van der Waals surface area contributed by atoms with E-state index in [1.54, 1.807) is 41.8 Å². The largest absolute Gasteiger partial charge is 0.298 e. The van der Waals surface area contributed by atoms with Gasteiger partial charge in [-0.1, -0.05) is 36.4 Å². The zero-order valence-electron chi connectivity index (χ0n) is 15.4. The number of aryl methyl sites for hydroxylation is 1. The molecule has 0 radical (unpaired) electrons. The van der Waals surface area contributed by atoms with E-state index in [0.29, 0.717) is 11.3 Å². The molecule has 1 aliphatic carbocycles. The molecule has 0 saturated heterocycles. The van der Waals surface area contributed by atoms with Gasteiger partial charge in [-0.25, -0.2) is 8.42 Å². The van der Waals surface area contributed by atoms with Crippen LogP contribution in [0.4, 0.5) is 5.69 Å². The highest BCUT2D eigenvalue weighted by atomic mass is 32.2. The topological polar surface area (TPSA) is 87.3 Å². The molecule has 0 atom stereocenters. The zero-order valence-corrected chi connectivity index (χ0v) is 17.0. The first kappa shape index (κ1) is 19.2. The SMILES string of the molecule is O=C(NNC1=CCCc2ccccc21)c1ccc(NS(=O)(=O)c2cccs2)cc1. The normalized spacial score (nSPS) is 13.2. The second-order valence-electron chi connectivity index (χ2n) is 6.51. The van der Waals surface area contributed by atoms with Crippen LogP contribution < -0.4 is 15.6 Å². The van der Waals surface area contributed by atoms with E-state index in [-0.39, 0.29) is 10.1 Å². The van der Waals surface area contributed by atoms with Crippen molar-refractivity contribution in [3.8, 4) is 0 Å². The lowest BCUT2D eigenvalue weighted by Gasteiger charge is -2.19. The van der Waals surface area contributed by atoms with Gasteiger partial charge in [-0.3, -0.25) is 20.4 Å². The van der Waals surface area contributed by atoms with Crippen LogP contribution in [-0.2, 0) is 16.4 Å². The van der Waals surface area contributed by atoms with Crippen LogP contribution in [0, 0.1) is 0 Å². The third kappa shape index (κ3) is 4.33. The number of allylic oxidation sites excluding steroid dienone is 1. The van der Waals surface area contributed by atoms with Crippen LogP contribution in [0.1, 0.15) is 27.9 Å². The number of thiophene rings is 1. The molecule has 1 amide bonds. The standard InChI is InChI=1S/C21H19N3O3S2/c25-21(23-22-19-8-3-6-15-5-1-2-7-18(15)19)16-10-12-17(13-11-16)24-29(26,27)20-9-4-14-28-20/h1-2,4-5,7-14,22,24H,3,6H2,(H,23,25). The minimum absolute atomic E-state index is 0.240. The number of nitrogens with one attached hydrogen (secondary N) is 3. The average Bonchev–Trinajstić information content (AvgIpc) is 3.28. The Hall–Kier alpha value is -3.10. The van der Waals surface area contributed by atoms with Crippen molar-refractivity contribution in [1.82, 2.24) is 10.9 Å². The number of hydrogen-bond acceptors (Lipinski definition) is 5. The van der Waals surface area contributed by atoms with E-state index in [9.17, 15) is 13.2 Å². The van der Waals surface area contributed by atoms with Gasteiger partial charge in [0.05, 0.1) is 5.70 Å². The number of carbonyl (C=O) groups excluding carboxylic acids is 1. The molecule has 6 nitrogen and oxygen atoms in total. The fraction of sp³-hybridized carbons (Fsp3) is 0.0952. The second-order valence-corrected chi connectivity index (χ2v) is 9.36. The van der Waals surface area contributed by atoms with Crippen molar-refractivity contribution in [2.24, 2.45) is 0 Å². The van der Waals surface area contributed by atoms with Crippen LogP contribution in [0.25, 0.3) is 5.70 Å². The fourth-order valence-electron chi connectivity index (χ4n) is 3.11. The molecule has 3 N–H and O–H groups in total. The molecule has 0 spiro atoms. The van der Waals surface area contributed by atoms with E-state index in [1.807, 2.05) is 18.2 Å². The summed E-state index contributed by atoms with van der Waals surface area (Å²) in [5.74, 6) is -0.304. The summed E-state index contributed by atoms with van der Waals surface area (Å²) < 4.78 is 27.3. The van der Waals surface area contributed by atoms with Crippen LogP contribution in [-0.4, -0.2) is 14.3 Å². The Bertz CT molecular complexity index is 1150. The summed E-state index contributed by atoms with van der Waals surface area (Å²) in [7, 11) is -3.61. The van der Waals surface area contributed by atoms with Crippen molar-refractivity contribution in [3.05, 3.63) is 88.8 Å². The Morgan fingerprint density at radius 1 is 0.966 bits per heavy atom. The number of anilines is 1. The minimum Gasteiger partial charge on any atom is -0.298 e. The summed E-state index contributed by atoms with van der Waals surface area (Å²) in [6.07, 6.45) is 3.96. The van der Waals surface area contributed by atoms with Gasteiger partial charge in [-0.15, -0.1) is 11.3 Å². The third-order valence-electron chi connectivity index (χ3n) is 4.54. The molecule has 1 heterocycles. The molecule has 2 aromatic carbocycles. The Kier molecular flexibility index (Phi) is 5.37. The zero-order chi connectivity index (χ0) is 20.3. The number of hydrazine groups is 1. The maximum Gasteiger partial charge on any atom is 0.271 e. The van der Waals surface area contributed by atoms with Gasteiger partial charge in [0.15, 0.2) is 0 Å². The Morgan fingerprint density at radius 3 is 2.52 bits per heavy atom. The first-order valence-electron chi connectivity index (χ1n) is 9.04. The number of hydrogen-bond donors (Lipinski definition) is 3. The first-order valence-corrected chi connectivity index (χ1v) is 11.4. The Morgan fingerprint density at radius 2 is 1.76 bits per heavy atom. The highest BCUT2D eigenvalue weighted by Crippen LogP contribution is 2.24. The van der Waals surface area contributed by atoms with Gasteiger partial charge < -0.3 is 0 Å². The third-order valence-corrected chi connectivity index (χ3v) is 7.32. The van der Waals surface area contributed by atoms with Gasteiger partial charge >= 0.3 is 0 Å². The molecule has 148 valence electrons. The maximum absolute atomic E-state index is 12.4. The summed E-state index contributed by atoms with van der Waals surface area (Å²) >= 11 is 1.14. The molecule has 4 rings (SSSR count). The smallest absolute Gasteiger partial charge is 0.271 e. The van der Waals surface area contributed by atoms with Crippen LogP contribution in [0.5, 0.6) is 0 Å². The minimum atomic E-state index is -3.61. The van der Waals surface area contributed by atoms with Crippen molar-refractivity contribution in [2.75, 3.05) is 4.72 Å². The van der Waals surface area contributed by atoms with Crippen molar-refractivity contribution in [1.29, 1.82) is 0 Å². The molecule has 0 bridgehead atoms. The Labute approximate surface area is 173 Å². The lowest BCUT2D eigenvalue weighted by atomic mass is 9.95. The second kappa shape index (κ2) is 8.10. The summed E-state index contributed by atoms with van der Waals surface area (Å²) in [5.41, 5.74) is 9.72. The van der Waals surface area contributed by atoms with Gasteiger partial charge in [0.1, 0.15) is 4.21 Å². The van der Waals surface area contributed by atoms with Crippen molar-refractivity contribution in [3.63, 3.8) is 0 Å². The molecule has 0 saturated carbocycles. The number of rotatable bonds is 6. The van der Waals surface area contributed by atoms with Crippen molar-refractivity contribution < 1.29 is 13.2 Å². The van der Waals surface area contributed by atoms with E-state index in [0.717, 1.165) is 35.4 Å². The van der Waals surface area contributed by atoms with E-state index >= 15 is 0 Å². The van der Waals surface area contributed by atoms with E-state index < -0.39 is 10.0 Å². The van der Waals surface area contributed by atoms with Crippen molar-refractivity contribution >= 4 is 38.7 Å². The maximum atomic E-state index is 12.4. The van der Waals surface area contributed by atoms with Gasteiger partial charge in [0.2, 0.25) is 0 Å². The van der Waals surface area contributed by atoms with Gasteiger partial charge in [-0.2, -0.15) is 0 Å². The van der Waals surface area contributed by atoms with Gasteiger partial charge in [0.25, 0.3) is 15.9 Å². The fourth-order valence-corrected chi connectivity index (χ4v) is 5.16. The lowest BCUT2D eigenvalue weighted by Crippen LogP contribution is -2.36. The van der Waals surface area contributed by atoms with Crippen molar-refractivity contribution in [2.45, 2.75) is 17.1 Å². The molecule has 0 fully saturated rings. The molecular weight excluding hydrogens is 406 g/mol. The highest BCUT2D eigenvalue weighted by molar-refractivity contribution is 7.94. The lowest BCUT2D eigenvalue weighted by molar-refractivity contribution is 0.0942. The number of sulfonamides is 1. The van der Waals surface area contributed by atoms with E-state index in [2.05, 4.69) is 27.7 Å². The number of amides is 1. The summed E-state index contributed by atoms with van der Waals surface area (Å²) in [6.45, 7) is 0. The monoisotopic (exact) mass is 425 g/mol. The number of fused-ring (bicyclic) bond motifs is 1. The average molecular weight is 426 g/mol. The predicted octanol–water partition coefficient (Wildman–Crippen LogP) is 3.77. The molecule has 0 aliphatic heterocycles. The summed E-state index contributed by atoms with van der Waals surface area (Å²) in [6, 6.07) is 17.6. The summed E-state index contributed by atoms with van der Waals surface area (Å²) in [5, 5.41) is 1.70. The van der Waals surface area contributed by atoms with Crippen LogP contribution in [0.3, 0.4) is 0 Å². The molecular formula is C21H19N3O3S2. The molecule has 0 unspecified atom stereocenters. The van der Waals surface area contributed by atoms with Crippen LogP contribution in [0.2, 0.25) is 0 Å². The molecule has 29 heavy (non-hydrogen) atoms. The first-order chi connectivity index (χ1) is 14.0. The van der Waals surface area contributed by atoms with Crippen LogP contribution in [0.15, 0.2) is 76.3 Å². The number of benzene rings is 2. The van der Waals surface area contributed by atoms with Gasteiger partial charge in [0, 0.05) is 16.8 Å². The molecule has 8 heteroatoms. The van der Waals surface area contributed by atoms with E-state index in [1.165, 1.54) is 5.56 Å². The summed E-state index contributed by atoms with van der Waals surface area (Å²) in [4.78, 5) is 12.4. The van der Waals surface area contributed by atoms with Crippen LogP contribution >= 0.6 is 11.3 Å². The Balaban J connectivity index is 1.39. The predicted molar refractivity (Wildman–Crippen MR) is 115 cm³/mol. The quantitative estimate of drug-likeness (QED) is 0.525. The van der Waals surface area contributed by atoms with Gasteiger partial charge in [-0.05, 0) is 54.1 Å².